The van der Waals surface area contributed by atoms with Crippen molar-refractivity contribution in [2.24, 2.45) is 10.8 Å². The average molecular weight is 957 g/mol. The summed E-state index contributed by atoms with van der Waals surface area (Å²) in [6.07, 6.45) is 0. The molecule has 59 heavy (non-hydrogen) atoms. The Balaban J connectivity index is 0.00000484. The molecule has 5 heterocycles. The summed E-state index contributed by atoms with van der Waals surface area (Å²) in [6, 6.07) is 15.2. The smallest absolute Gasteiger partial charge is 0.490 e. The van der Waals surface area contributed by atoms with Gasteiger partial charge >= 0.3 is 19.5 Å². The van der Waals surface area contributed by atoms with Crippen molar-refractivity contribution in [1.82, 2.24) is 39.9 Å². The Labute approximate surface area is 381 Å². The van der Waals surface area contributed by atoms with Gasteiger partial charge in [-0.25, -0.2) is 9.97 Å². The number of aromatic nitrogens is 8. The molecule has 0 radical (unpaired) electrons. The van der Waals surface area contributed by atoms with Gasteiger partial charge < -0.3 is 39.4 Å². The minimum absolute atomic E-state index is 0. The molecule has 294 valence electrons. The Morgan fingerprint density at radius 1 is 0.458 bits per heavy atom. The van der Waals surface area contributed by atoms with Gasteiger partial charge in [0.15, 0.2) is 11.5 Å². The molecule has 7 aromatic rings. The number of rotatable bonds is 4. The molecule has 0 fully saturated rings. The molecule has 10 nitrogen and oxygen atoms in total. The molecule has 0 aliphatic carbocycles. The van der Waals surface area contributed by atoms with Crippen molar-refractivity contribution in [3.63, 3.8) is 0 Å². The topological polar surface area (TPSA) is 124 Å². The molecule has 0 spiro atoms. The van der Waals surface area contributed by atoms with Crippen molar-refractivity contribution in [3.8, 4) is 57.1 Å². The molecule has 0 saturated heterocycles. The summed E-state index contributed by atoms with van der Waals surface area (Å²) in [5, 5.41) is 2.74. The van der Waals surface area contributed by atoms with Crippen LogP contribution < -0.4 is 19.4 Å². The predicted molar refractivity (Wildman–Crippen MR) is 234 cm³/mol. The van der Waals surface area contributed by atoms with Gasteiger partial charge in [0.25, 0.3) is 0 Å². The van der Waals surface area contributed by atoms with Gasteiger partial charge in [-0.2, -0.15) is 0 Å². The third kappa shape index (κ3) is 7.30. The van der Waals surface area contributed by atoms with Crippen LogP contribution in [0.2, 0.25) is 30.1 Å². The summed E-state index contributed by atoms with van der Waals surface area (Å²) < 4.78 is 12.5. The number of fused-ring (bicyclic) bond motifs is 20. The van der Waals surface area contributed by atoms with E-state index in [-0.39, 0.29) is 108 Å². The normalized spacial score (nSPS) is 12.4. The first-order valence-corrected chi connectivity index (χ1v) is 20.3. The maximum atomic E-state index is 7.23. The fourth-order valence-corrected chi connectivity index (χ4v) is 8.40. The molecular formula is C42H30Cl6N8O2Zn. The van der Waals surface area contributed by atoms with Gasteiger partial charge in [0, 0.05) is 55.6 Å². The maximum absolute atomic E-state index is 7.23. The zero-order valence-electron chi connectivity index (χ0n) is 32.4. The van der Waals surface area contributed by atoms with Gasteiger partial charge in [-0.05, 0) is 21.6 Å². The van der Waals surface area contributed by atoms with E-state index in [1.165, 1.54) is 0 Å². The summed E-state index contributed by atoms with van der Waals surface area (Å²) >= 11 is 42.6. The van der Waals surface area contributed by atoms with E-state index in [1.54, 1.807) is 0 Å². The largest absolute Gasteiger partial charge is 2.00 e. The first-order chi connectivity index (χ1) is 27.5. The molecule has 4 aromatic carbocycles. The number of hydrogen-bond donors (Lipinski definition) is 0. The number of benzene rings is 4. The van der Waals surface area contributed by atoms with Gasteiger partial charge in [-0.3, -0.25) is 0 Å². The van der Waals surface area contributed by atoms with Crippen LogP contribution in [0.5, 0.6) is 11.5 Å². The molecule has 0 amide bonds. The molecule has 0 unspecified atom stereocenters. The van der Waals surface area contributed by atoms with Crippen molar-refractivity contribution >= 4 is 114 Å². The van der Waals surface area contributed by atoms with Crippen LogP contribution in [0, 0.1) is 10.8 Å². The van der Waals surface area contributed by atoms with Crippen LogP contribution >= 0.6 is 69.6 Å². The van der Waals surface area contributed by atoms with E-state index in [0.29, 0.717) is 55.8 Å². The SMILES string of the molecule is CC(C)(C)COc1c(Cl)c(Cl)c2c(c1Cl)-c1nc-2nc2[n-]c(nc3nc(nc4[n-]c(n1)c1c(Cl)c(OCC(C)(C)C)c(Cl)c(Cl)c41)-c1ccccc1-3)c1ccccc21.[Zn+2]. The van der Waals surface area contributed by atoms with Crippen molar-refractivity contribution in [1.29, 1.82) is 0 Å². The molecular weight excluding hydrogens is 927 g/mol. The minimum atomic E-state index is -0.242. The summed E-state index contributed by atoms with van der Waals surface area (Å²) in [4.78, 5) is 39.6. The molecule has 8 bridgehead atoms. The van der Waals surface area contributed by atoms with E-state index in [4.69, 9.17) is 119 Å². The molecule has 0 N–H and O–H groups in total. The van der Waals surface area contributed by atoms with Crippen LogP contribution in [0.4, 0.5) is 0 Å². The molecule has 0 saturated carbocycles. The molecule has 2 aliphatic heterocycles. The van der Waals surface area contributed by atoms with E-state index in [2.05, 4.69) is 0 Å². The Hall–Kier alpha value is -3.80. The standard InChI is InChI=1S/C42H30Cl6N8O2.Zn/c1-41(2,3)15-57-31-27(45)23-21(25(43)29(31)47)37-52-35-19-13-9-7-11-17(19)33(50-35)49-34-18-12-8-10-14-20(18)36(51-34)53-38-22-24(40(55-38)56-39(23)54-37)28(46)32(30(48)26(22)44)58-16-42(4,5)6;/h7-14H,15-16H2,1-6H3;/q-2;+2. The molecule has 17 heteroatoms. The third-order valence-corrected chi connectivity index (χ3v) is 11.7. The Kier molecular flexibility index (Phi) is 10.9. The minimum Gasteiger partial charge on any atom is -0.490 e. The van der Waals surface area contributed by atoms with E-state index in [0.717, 1.165) is 10.9 Å². The monoisotopic (exact) mass is 952 g/mol. The second-order valence-electron chi connectivity index (χ2n) is 16.3. The van der Waals surface area contributed by atoms with E-state index >= 15 is 0 Å². The zero-order valence-corrected chi connectivity index (χ0v) is 39.9. The third-order valence-electron chi connectivity index (χ3n) is 9.27. The summed E-state index contributed by atoms with van der Waals surface area (Å²) in [5.74, 6) is 1.29. The van der Waals surface area contributed by atoms with Gasteiger partial charge in [0.1, 0.15) is 10.0 Å². The molecule has 9 rings (SSSR count). The van der Waals surface area contributed by atoms with Crippen molar-refractivity contribution in [3.05, 3.63) is 78.7 Å². The Bertz CT molecular complexity index is 3080. The van der Waals surface area contributed by atoms with Gasteiger partial charge in [0.2, 0.25) is 0 Å². The van der Waals surface area contributed by atoms with Crippen LogP contribution in [-0.4, -0.2) is 43.1 Å². The number of ether oxygens (including phenoxy) is 2. The van der Waals surface area contributed by atoms with Crippen LogP contribution in [0.1, 0.15) is 41.5 Å². The summed E-state index contributed by atoms with van der Waals surface area (Å²) in [5.41, 5.74) is 2.56. The van der Waals surface area contributed by atoms with Gasteiger partial charge in [-0.1, -0.05) is 160 Å². The van der Waals surface area contributed by atoms with Gasteiger partial charge in [-0.15, -0.1) is 0 Å². The molecule has 3 aromatic heterocycles. The summed E-state index contributed by atoms with van der Waals surface area (Å²) in [7, 11) is 0. The second kappa shape index (κ2) is 15.3. The van der Waals surface area contributed by atoms with Crippen molar-refractivity contribution in [2.45, 2.75) is 41.5 Å². The van der Waals surface area contributed by atoms with Gasteiger partial charge in [0.05, 0.1) is 56.6 Å². The van der Waals surface area contributed by atoms with Crippen molar-refractivity contribution < 1.29 is 29.0 Å². The second-order valence-corrected chi connectivity index (χ2v) is 18.6. The van der Waals surface area contributed by atoms with Crippen LogP contribution in [0.15, 0.2) is 48.5 Å². The predicted octanol–water partition coefficient (Wildman–Crippen LogP) is 12.9. The van der Waals surface area contributed by atoms with E-state index < -0.39 is 0 Å². The van der Waals surface area contributed by atoms with E-state index in [1.807, 2.05) is 90.1 Å². The first-order valence-electron chi connectivity index (χ1n) is 18.1. The Morgan fingerprint density at radius 2 is 0.847 bits per heavy atom. The fraction of sp³-hybridized carbons (Fsp3) is 0.238. The number of hydrogen-bond acceptors (Lipinski definition) is 8. The first kappa shape index (κ1) is 41.9. The number of nitrogens with zero attached hydrogens (tertiary/aromatic N) is 8. The van der Waals surface area contributed by atoms with Crippen LogP contribution in [0.3, 0.4) is 0 Å². The van der Waals surface area contributed by atoms with E-state index in [9.17, 15) is 0 Å². The van der Waals surface area contributed by atoms with Crippen molar-refractivity contribution in [2.75, 3.05) is 13.2 Å². The average Bonchev–Trinajstić information content (AvgIpc) is 3.90. The number of halogens is 6. The molecule has 2 aliphatic rings. The zero-order chi connectivity index (χ0) is 41.0. The molecule has 0 atom stereocenters. The maximum Gasteiger partial charge on any atom is 2.00 e. The quantitative estimate of drug-likeness (QED) is 0.124. The summed E-state index contributed by atoms with van der Waals surface area (Å²) in [6.45, 7) is 12.7. The van der Waals surface area contributed by atoms with Crippen LogP contribution in [-0.2, 0) is 19.5 Å². The Morgan fingerprint density at radius 3 is 1.39 bits per heavy atom. The fourth-order valence-electron chi connectivity index (χ4n) is 6.63. The van der Waals surface area contributed by atoms with Crippen LogP contribution in [0.25, 0.3) is 89.7 Å².